The van der Waals surface area contributed by atoms with Crippen LogP contribution in [0.4, 0.5) is 0 Å². The lowest BCUT2D eigenvalue weighted by atomic mass is 9.53. The standard InChI is InChI=1S/C15H26O4S/c1-10-6-7-15(4)11(13(10)16)8-14(2,3)9-12(15)19-20(5,17)18/h6,11-13,16H,7-9H2,1-5H3/t11-,12-,13-,15-/m0/s1. The number of rotatable bonds is 2. The minimum Gasteiger partial charge on any atom is -0.388 e. The van der Waals surface area contributed by atoms with Crippen molar-refractivity contribution in [3.63, 3.8) is 0 Å². The summed E-state index contributed by atoms with van der Waals surface area (Å²) in [5.74, 6) is 0.0444. The summed E-state index contributed by atoms with van der Waals surface area (Å²) in [6, 6.07) is 0. The maximum absolute atomic E-state index is 11.6. The van der Waals surface area contributed by atoms with Crippen LogP contribution in [0.1, 0.15) is 47.0 Å². The van der Waals surface area contributed by atoms with Gasteiger partial charge in [-0.05, 0) is 43.1 Å². The van der Waals surface area contributed by atoms with E-state index >= 15 is 0 Å². The first-order chi connectivity index (χ1) is 8.95. The molecule has 1 saturated carbocycles. The van der Waals surface area contributed by atoms with Gasteiger partial charge in [0.15, 0.2) is 0 Å². The maximum Gasteiger partial charge on any atom is 0.264 e. The molecule has 4 nitrogen and oxygen atoms in total. The first-order valence-corrected chi connectivity index (χ1v) is 8.99. The van der Waals surface area contributed by atoms with E-state index in [1.54, 1.807) is 0 Å². The Morgan fingerprint density at radius 3 is 2.45 bits per heavy atom. The molecule has 0 bridgehead atoms. The second-order valence-electron chi connectivity index (χ2n) is 7.57. The maximum atomic E-state index is 11.6. The van der Waals surface area contributed by atoms with E-state index in [2.05, 4.69) is 20.8 Å². The molecular formula is C15H26O4S. The van der Waals surface area contributed by atoms with Gasteiger partial charge >= 0.3 is 0 Å². The third-order valence-corrected chi connectivity index (χ3v) is 5.68. The van der Waals surface area contributed by atoms with Crippen molar-refractivity contribution >= 4 is 10.1 Å². The zero-order chi connectivity index (χ0) is 15.3. The molecule has 4 atom stereocenters. The van der Waals surface area contributed by atoms with E-state index in [4.69, 9.17) is 4.18 Å². The van der Waals surface area contributed by atoms with Crippen LogP contribution in [0.2, 0.25) is 0 Å². The van der Waals surface area contributed by atoms with Crippen LogP contribution >= 0.6 is 0 Å². The van der Waals surface area contributed by atoms with E-state index in [1.807, 2.05) is 13.0 Å². The van der Waals surface area contributed by atoms with Crippen LogP contribution in [0.3, 0.4) is 0 Å². The van der Waals surface area contributed by atoms with Gasteiger partial charge < -0.3 is 5.11 Å². The summed E-state index contributed by atoms with van der Waals surface area (Å²) >= 11 is 0. The van der Waals surface area contributed by atoms with Gasteiger partial charge in [0.2, 0.25) is 0 Å². The topological polar surface area (TPSA) is 63.6 Å². The van der Waals surface area contributed by atoms with Gasteiger partial charge in [-0.3, -0.25) is 4.18 Å². The van der Waals surface area contributed by atoms with Gasteiger partial charge in [0.05, 0.1) is 18.5 Å². The molecule has 0 radical (unpaired) electrons. The van der Waals surface area contributed by atoms with E-state index in [0.717, 1.165) is 24.7 Å². The Balaban J connectivity index is 2.41. The van der Waals surface area contributed by atoms with Crippen LogP contribution in [0.25, 0.3) is 0 Å². The van der Waals surface area contributed by atoms with Crippen molar-refractivity contribution in [1.82, 2.24) is 0 Å². The molecule has 116 valence electrons. The zero-order valence-electron chi connectivity index (χ0n) is 13.0. The summed E-state index contributed by atoms with van der Waals surface area (Å²) in [6.45, 7) is 8.23. The van der Waals surface area contributed by atoms with Crippen LogP contribution in [0, 0.1) is 16.7 Å². The molecule has 0 aromatic carbocycles. The normalized spacial score (nSPS) is 40.9. The van der Waals surface area contributed by atoms with Crippen LogP contribution in [0.15, 0.2) is 11.6 Å². The van der Waals surface area contributed by atoms with E-state index in [-0.39, 0.29) is 22.9 Å². The predicted molar refractivity (Wildman–Crippen MR) is 78.7 cm³/mol. The lowest BCUT2D eigenvalue weighted by Crippen LogP contribution is -2.55. The minimum atomic E-state index is -3.50. The molecule has 2 aliphatic rings. The number of fused-ring (bicyclic) bond motifs is 1. The number of aliphatic hydroxyl groups excluding tert-OH is 1. The lowest BCUT2D eigenvalue weighted by molar-refractivity contribution is -0.106. The molecule has 0 saturated heterocycles. The van der Waals surface area contributed by atoms with Crippen molar-refractivity contribution in [3.8, 4) is 0 Å². The summed E-state index contributed by atoms with van der Waals surface area (Å²) in [7, 11) is -3.50. The monoisotopic (exact) mass is 302 g/mol. The molecule has 20 heavy (non-hydrogen) atoms. The highest BCUT2D eigenvalue weighted by Crippen LogP contribution is 2.56. The minimum absolute atomic E-state index is 0.0296. The summed E-state index contributed by atoms with van der Waals surface area (Å²) in [5, 5.41) is 10.5. The van der Waals surface area contributed by atoms with E-state index < -0.39 is 16.2 Å². The molecule has 0 aliphatic heterocycles. The first kappa shape index (κ1) is 16.0. The molecule has 0 spiro atoms. The quantitative estimate of drug-likeness (QED) is 0.629. The molecule has 0 aromatic rings. The number of aliphatic hydroxyl groups is 1. The Labute approximate surface area is 122 Å². The molecule has 1 fully saturated rings. The highest BCUT2D eigenvalue weighted by molar-refractivity contribution is 7.86. The van der Waals surface area contributed by atoms with E-state index in [0.29, 0.717) is 6.42 Å². The summed E-state index contributed by atoms with van der Waals surface area (Å²) in [6.07, 6.45) is 4.61. The van der Waals surface area contributed by atoms with Crippen molar-refractivity contribution in [1.29, 1.82) is 0 Å². The molecule has 1 N–H and O–H groups in total. The molecule has 2 aliphatic carbocycles. The van der Waals surface area contributed by atoms with Gasteiger partial charge in [-0.15, -0.1) is 0 Å². The molecule has 5 heteroatoms. The van der Waals surface area contributed by atoms with Gasteiger partial charge in [-0.1, -0.05) is 26.8 Å². The smallest absolute Gasteiger partial charge is 0.264 e. The van der Waals surface area contributed by atoms with Gasteiger partial charge in [-0.25, -0.2) is 0 Å². The third-order valence-electron chi connectivity index (χ3n) is 5.10. The molecule has 0 heterocycles. The average Bonchev–Trinajstić information content (AvgIpc) is 2.26. The molecule has 0 unspecified atom stereocenters. The Morgan fingerprint density at radius 2 is 1.90 bits per heavy atom. The highest BCUT2D eigenvalue weighted by atomic mass is 32.2. The van der Waals surface area contributed by atoms with Gasteiger partial charge in [0, 0.05) is 5.41 Å². The SMILES string of the molecule is CC1=CC[C@]2(C)[C@@H](OS(C)(=O)=O)CC(C)(C)C[C@H]2[C@H]1O. The second kappa shape index (κ2) is 4.82. The largest absolute Gasteiger partial charge is 0.388 e. The molecular weight excluding hydrogens is 276 g/mol. The number of hydrogen-bond donors (Lipinski definition) is 1. The van der Waals surface area contributed by atoms with Gasteiger partial charge in [-0.2, -0.15) is 8.42 Å². The number of hydrogen-bond acceptors (Lipinski definition) is 4. The van der Waals surface area contributed by atoms with Crippen LogP contribution < -0.4 is 0 Å². The number of allylic oxidation sites excluding steroid dienone is 1. The van der Waals surface area contributed by atoms with Crippen molar-refractivity contribution in [3.05, 3.63) is 11.6 Å². The van der Waals surface area contributed by atoms with Gasteiger partial charge in [0.25, 0.3) is 10.1 Å². The highest BCUT2D eigenvalue weighted by Gasteiger charge is 2.54. The predicted octanol–water partition coefficient (Wildman–Crippen LogP) is 2.48. The fourth-order valence-corrected chi connectivity index (χ4v) is 4.52. The van der Waals surface area contributed by atoms with Crippen LogP contribution in [0.5, 0.6) is 0 Å². The Kier molecular flexibility index (Phi) is 3.85. The molecule has 0 amide bonds. The third kappa shape index (κ3) is 2.95. The Hall–Kier alpha value is -0.390. The van der Waals surface area contributed by atoms with Crippen molar-refractivity contribution < 1.29 is 17.7 Å². The van der Waals surface area contributed by atoms with E-state index in [1.165, 1.54) is 0 Å². The van der Waals surface area contributed by atoms with Gasteiger partial charge in [0.1, 0.15) is 0 Å². The average molecular weight is 302 g/mol. The van der Waals surface area contributed by atoms with Crippen LogP contribution in [-0.4, -0.2) is 32.0 Å². The lowest BCUT2D eigenvalue weighted by Gasteiger charge is -2.55. The summed E-state index contributed by atoms with van der Waals surface area (Å²) < 4.78 is 28.5. The fourth-order valence-electron chi connectivity index (χ4n) is 3.81. The molecule has 0 aromatic heterocycles. The summed E-state index contributed by atoms with van der Waals surface area (Å²) in [5.41, 5.74) is 0.638. The van der Waals surface area contributed by atoms with Crippen molar-refractivity contribution in [2.24, 2.45) is 16.7 Å². The Morgan fingerprint density at radius 1 is 1.30 bits per heavy atom. The summed E-state index contributed by atoms with van der Waals surface area (Å²) in [4.78, 5) is 0. The Bertz CT molecular complexity index is 520. The van der Waals surface area contributed by atoms with Crippen LogP contribution in [-0.2, 0) is 14.3 Å². The first-order valence-electron chi connectivity index (χ1n) is 7.18. The molecule has 2 rings (SSSR count). The fraction of sp³-hybridized carbons (Fsp3) is 0.867. The second-order valence-corrected chi connectivity index (χ2v) is 9.17. The van der Waals surface area contributed by atoms with Crippen molar-refractivity contribution in [2.75, 3.05) is 6.26 Å². The zero-order valence-corrected chi connectivity index (χ0v) is 13.8. The van der Waals surface area contributed by atoms with Crippen molar-refractivity contribution in [2.45, 2.75) is 59.2 Å². The van der Waals surface area contributed by atoms with E-state index in [9.17, 15) is 13.5 Å².